The van der Waals surface area contributed by atoms with Crippen LogP contribution in [0.2, 0.25) is 5.02 Å². The fourth-order valence-electron chi connectivity index (χ4n) is 1.91. The van der Waals surface area contributed by atoms with Crippen molar-refractivity contribution in [2.45, 2.75) is 0 Å². The van der Waals surface area contributed by atoms with E-state index < -0.39 is 5.91 Å². The summed E-state index contributed by atoms with van der Waals surface area (Å²) in [7, 11) is 2.84. The Balaban J connectivity index is 1.93. The summed E-state index contributed by atoms with van der Waals surface area (Å²) in [4.78, 5) is 11.7. The van der Waals surface area contributed by atoms with Crippen molar-refractivity contribution in [1.82, 2.24) is 5.43 Å². The molecule has 1 amide bonds. The van der Waals surface area contributed by atoms with E-state index in [0.717, 1.165) is 0 Å². The first-order valence-corrected chi connectivity index (χ1v) is 7.56. The second kappa shape index (κ2) is 8.79. The molecule has 0 aromatic heterocycles. The van der Waals surface area contributed by atoms with E-state index in [9.17, 15) is 9.90 Å². The van der Waals surface area contributed by atoms with E-state index in [4.69, 9.17) is 25.8 Å². The first kappa shape index (κ1) is 18.4. The molecule has 2 aromatic carbocycles. The van der Waals surface area contributed by atoms with Crippen molar-refractivity contribution in [3.63, 3.8) is 0 Å². The average Bonchev–Trinajstić information content (AvgIpc) is 2.61. The van der Waals surface area contributed by atoms with E-state index in [1.165, 1.54) is 20.4 Å². The van der Waals surface area contributed by atoms with Crippen molar-refractivity contribution in [2.75, 3.05) is 20.8 Å². The van der Waals surface area contributed by atoms with Gasteiger partial charge in [0.15, 0.2) is 18.1 Å². The minimum Gasteiger partial charge on any atom is -0.502 e. The van der Waals surface area contributed by atoms with Gasteiger partial charge in [0.2, 0.25) is 5.75 Å². The van der Waals surface area contributed by atoms with E-state index in [1.54, 1.807) is 36.4 Å². The third kappa shape index (κ3) is 5.29. The van der Waals surface area contributed by atoms with E-state index >= 15 is 0 Å². The molecule has 0 unspecified atom stereocenters. The number of hydrogen-bond acceptors (Lipinski definition) is 6. The number of phenolic OH excluding ortho intramolecular Hbond substituents is 1. The van der Waals surface area contributed by atoms with E-state index in [1.807, 2.05) is 0 Å². The number of aromatic hydroxyl groups is 1. The summed E-state index contributed by atoms with van der Waals surface area (Å²) in [6.45, 7) is -0.208. The number of methoxy groups -OCH3 is 2. The molecule has 0 atom stereocenters. The van der Waals surface area contributed by atoms with Crippen LogP contribution in [-0.4, -0.2) is 38.1 Å². The molecule has 0 bridgehead atoms. The van der Waals surface area contributed by atoms with Gasteiger partial charge in [0.1, 0.15) is 5.75 Å². The number of rotatable bonds is 7. The molecule has 0 fully saturated rings. The predicted molar refractivity (Wildman–Crippen MR) is 93.9 cm³/mol. The predicted octanol–water partition coefficient (Wildman–Crippen LogP) is 2.59. The summed E-state index contributed by atoms with van der Waals surface area (Å²) >= 11 is 5.83. The number of phenols is 1. The molecule has 25 heavy (non-hydrogen) atoms. The average molecular weight is 365 g/mol. The van der Waals surface area contributed by atoms with Gasteiger partial charge in [-0.05, 0) is 30.3 Å². The van der Waals surface area contributed by atoms with E-state index in [0.29, 0.717) is 16.3 Å². The lowest BCUT2D eigenvalue weighted by atomic mass is 10.2. The normalized spacial score (nSPS) is 10.5. The van der Waals surface area contributed by atoms with Crippen LogP contribution in [0.5, 0.6) is 23.0 Å². The third-order valence-electron chi connectivity index (χ3n) is 3.07. The van der Waals surface area contributed by atoms with Crippen molar-refractivity contribution in [3.8, 4) is 23.0 Å². The van der Waals surface area contributed by atoms with Crippen LogP contribution in [0.15, 0.2) is 41.5 Å². The molecule has 2 rings (SSSR count). The molecule has 0 heterocycles. The number of carbonyl (C=O) groups excluding carboxylic acids is 1. The summed E-state index contributed by atoms with van der Waals surface area (Å²) in [6.07, 6.45) is 1.39. The molecule has 7 nitrogen and oxygen atoms in total. The molecule has 0 aliphatic carbocycles. The van der Waals surface area contributed by atoms with Crippen LogP contribution >= 0.6 is 11.6 Å². The zero-order valence-corrected chi connectivity index (χ0v) is 14.4. The molecule has 132 valence electrons. The van der Waals surface area contributed by atoms with Gasteiger partial charge in [0.25, 0.3) is 5.91 Å². The van der Waals surface area contributed by atoms with Crippen LogP contribution in [0.1, 0.15) is 5.56 Å². The lowest BCUT2D eigenvalue weighted by Gasteiger charge is -2.09. The van der Waals surface area contributed by atoms with Crippen LogP contribution in [0, 0.1) is 0 Å². The minimum absolute atomic E-state index is 0.110. The molecule has 8 heteroatoms. The molecule has 0 radical (unpaired) electrons. The standard InChI is InChI=1S/C17H17ClN2O5/c1-23-14-6-11(7-15(24-2)17(14)22)9-19-20-16(21)10-25-13-5-3-4-12(18)8-13/h3-9,22H,10H2,1-2H3,(H,20,21). The zero-order valence-electron chi connectivity index (χ0n) is 13.7. The van der Waals surface area contributed by atoms with Crippen LogP contribution in [0.25, 0.3) is 0 Å². The Kier molecular flexibility index (Phi) is 6.47. The van der Waals surface area contributed by atoms with E-state index in [2.05, 4.69) is 10.5 Å². The maximum Gasteiger partial charge on any atom is 0.277 e. The molecule has 2 N–H and O–H groups in total. The molecular formula is C17H17ClN2O5. The number of nitrogens with zero attached hydrogens (tertiary/aromatic N) is 1. The lowest BCUT2D eigenvalue weighted by molar-refractivity contribution is -0.123. The van der Waals surface area contributed by atoms with Gasteiger partial charge in [0.05, 0.1) is 20.4 Å². The fraction of sp³-hybridized carbons (Fsp3) is 0.176. The van der Waals surface area contributed by atoms with Crippen LogP contribution in [0.4, 0.5) is 0 Å². The Hall–Kier alpha value is -2.93. The molecular weight excluding hydrogens is 348 g/mol. The quantitative estimate of drug-likeness (QED) is 0.582. The number of hydrogen-bond donors (Lipinski definition) is 2. The second-order valence-electron chi connectivity index (χ2n) is 4.81. The summed E-state index contributed by atoms with van der Waals surface area (Å²) in [5.41, 5.74) is 2.91. The van der Waals surface area contributed by atoms with Gasteiger partial charge in [-0.3, -0.25) is 4.79 Å². The first-order valence-electron chi connectivity index (χ1n) is 7.18. The highest BCUT2D eigenvalue weighted by Crippen LogP contribution is 2.36. The fourth-order valence-corrected chi connectivity index (χ4v) is 2.09. The Morgan fingerprint density at radius 1 is 1.24 bits per heavy atom. The number of benzene rings is 2. The maximum atomic E-state index is 11.7. The summed E-state index contributed by atoms with van der Waals surface area (Å²) < 4.78 is 15.4. The van der Waals surface area contributed by atoms with E-state index in [-0.39, 0.29) is 23.9 Å². The SMILES string of the molecule is COc1cc(C=NNC(=O)COc2cccc(Cl)c2)cc(OC)c1O. The molecule has 0 saturated heterocycles. The molecule has 0 aliphatic rings. The number of carbonyl (C=O) groups is 1. The van der Waals surface area contributed by atoms with Crippen LogP contribution in [0.3, 0.4) is 0 Å². The van der Waals surface area contributed by atoms with Crippen LogP contribution in [-0.2, 0) is 4.79 Å². The first-order chi connectivity index (χ1) is 12.0. The Bertz CT molecular complexity index is 754. The highest BCUT2D eigenvalue weighted by Gasteiger charge is 2.10. The van der Waals surface area contributed by atoms with Gasteiger partial charge in [-0.1, -0.05) is 17.7 Å². The van der Waals surface area contributed by atoms with Gasteiger partial charge in [0, 0.05) is 10.6 Å². The van der Waals surface area contributed by atoms with Gasteiger partial charge in [-0.15, -0.1) is 0 Å². The Morgan fingerprint density at radius 2 is 1.92 bits per heavy atom. The maximum absolute atomic E-state index is 11.7. The number of halogens is 1. The highest BCUT2D eigenvalue weighted by molar-refractivity contribution is 6.30. The molecule has 0 saturated carbocycles. The monoisotopic (exact) mass is 364 g/mol. The van der Waals surface area contributed by atoms with Gasteiger partial charge in [-0.25, -0.2) is 5.43 Å². The number of nitrogens with one attached hydrogen (secondary N) is 1. The summed E-state index contributed by atoms with van der Waals surface area (Å²) in [6, 6.07) is 9.83. The lowest BCUT2D eigenvalue weighted by Crippen LogP contribution is -2.24. The topological polar surface area (TPSA) is 89.4 Å². The number of ether oxygens (including phenoxy) is 3. The number of amides is 1. The van der Waals surface area contributed by atoms with Crippen molar-refractivity contribution in [3.05, 3.63) is 47.0 Å². The molecule has 2 aromatic rings. The Morgan fingerprint density at radius 3 is 2.52 bits per heavy atom. The molecule has 0 spiro atoms. The third-order valence-corrected chi connectivity index (χ3v) is 3.31. The van der Waals surface area contributed by atoms with Gasteiger partial charge >= 0.3 is 0 Å². The van der Waals surface area contributed by atoms with Gasteiger partial charge in [-0.2, -0.15) is 5.10 Å². The van der Waals surface area contributed by atoms with Crippen molar-refractivity contribution in [2.24, 2.45) is 5.10 Å². The molecule has 0 aliphatic heterocycles. The summed E-state index contributed by atoms with van der Waals surface area (Å²) in [5, 5.41) is 14.2. The zero-order chi connectivity index (χ0) is 18.2. The Labute approximate surface area is 149 Å². The highest BCUT2D eigenvalue weighted by atomic mass is 35.5. The second-order valence-corrected chi connectivity index (χ2v) is 5.25. The van der Waals surface area contributed by atoms with Crippen LogP contribution < -0.4 is 19.6 Å². The van der Waals surface area contributed by atoms with Gasteiger partial charge < -0.3 is 19.3 Å². The van der Waals surface area contributed by atoms with Crippen molar-refractivity contribution in [1.29, 1.82) is 0 Å². The smallest absolute Gasteiger partial charge is 0.277 e. The summed E-state index contributed by atoms with van der Waals surface area (Å²) in [5.74, 6) is 0.405. The minimum atomic E-state index is -0.436. The van der Waals surface area contributed by atoms with Crippen molar-refractivity contribution < 1.29 is 24.1 Å². The van der Waals surface area contributed by atoms with Crippen molar-refractivity contribution >= 4 is 23.7 Å². The number of hydrazone groups is 1. The largest absolute Gasteiger partial charge is 0.502 e.